The zero-order chi connectivity index (χ0) is 20.1. The molecule has 4 rings (SSSR count). The van der Waals surface area contributed by atoms with Gasteiger partial charge in [-0.1, -0.05) is 72.9 Å². The Morgan fingerprint density at radius 1 is 1.03 bits per heavy atom. The summed E-state index contributed by atoms with van der Waals surface area (Å²) in [5.41, 5.74) is 3.95. The molecule has 1 aromatic heterocycles. The highest BCUT2D eigenvalue weighted by atomic mass is 16.6. The summed E-state index contributed by atoms with van der Waals surface area (Å²) in [4.78, 5) is 21.2. The minimum Gasteiger partial charge on any atom is -0.477 e. The van der Waals surface area contributed by atoms with E-state index in [-0.39, 0.29) is 6.10 Å². The van der Waals surface area contributed by atoms with Crippen LogP contribution < -0.4 is 0 Å². The Bertz CT molecular complexity index is 1010. The zero-order valence-corrected chi connectivity index (χ0v) is 16.2. The molecule has 29 heavy (non-hydrogen) atoms. The van der Waals surface area contributed by atoms with E-state index in [0.29, 0.717) is 5.92 Å². The van der Waals surface area contributed by atoms with E-state index in [1.807, 2.05) is 48.5 Å². The standard InChI is InChI=1S/C24H24N2O3/c27-23(28)16-25-29-24(19-7-2-1-3-8-19)20-12-10-18(11-13-20)22-15-14-17-6-4-5-9-21(17)26-22/h4-6,9-16,19,24H,1-3,7-8H2,(H,27,28)/b25-16+. The lowest BCUT2D eigenvalue weighted by Crippen LogP contribution is -2.18. The third-order valence-corrected chi connectivity index (χ3v) is 5.55. The van der Waals surface area contributed by atoms with Gasteiger partial charge in [-0.15, -0.1) is 0 Å². The second-order valence-corrected chi connectivity index (χ2v) is 7.51. The third-order valence-electron chi connectivity index (χ3n) is 5.55. The van der Waals surface area contributed by atoms with Crippen LogP contribution in [0.3, 0.4) is 0 Å². The topological polar surface area (TPSA) is 71.8 Å². The predicted octanol–water partition coefficient (Wildman–Crippen LogP) is 5.61. The zero-order valence-electron chi connectivity index (χ0n) is 16.2. The molecule has 0 amide bonds. The van der Waals surface area contributed by atoms with Crippen molar-refractivity contribution in [3.8, 4) is 11.3 Å². The number of aromatic nitrogens is 1. The molecule has 5 heteroatoms. The Morgan fingerprint density at radius 3 is 2.55 bits per heavy atom. The van der Waals surface area contributed by atoms with Gasteiger partial charge in [-0.2, -0.15) is 0 Å². The minimum atomic E-state index is -1.11. The third kappa shape index (κ3) is 4.62. The number of rotatable bonds is 6. The van der Waals surface area contributed by atoms with E-state index in [1.54, 1.807) is 0 Å². The first-order valence-electron chi connectivity index (χ1n) is 10.1. The number of carbonyl (C=O) groups is 1. The Labute approximate surface area is 170 Å². The SMILES string of the molecule is O=C(O)/C=N/OC(c1ccc(-c2ccc3ccccc3n2)cc1)C1CCCCC1. The van der Waals surface area contributed by atoms with Crippen molar-refractivity contribution in [2.24, 2.45) is 11.1 Å². The van der Waals surface area contributed by atoms with Gasteiger partial charge in [-0.3, -0.25) is 0 Å². The second kappa shape index (κ2) is 8.86. The summed E-state index contributed by atoms with van der Waals surface area (Å²) in [6, 6.07) is 20.4. The lowest BCUT2D eigenvalue weighted by atomic mass is 9.82. The molecule has 5 nitrogen and oxygen atoms in total. The van der Waals surface area contributed by atoms with E-state index < -0.39 is 5.97 Å². The lowest BCUT2D eigenvalue weighted by Gasteiger charge is -2.28. The normalized spacial score (nSPS) is 16.1. The van der Waals surface area contributed by atoms with E-state index >= 15 is 0 Å². The monoisotopic (exact) mass is 388 g/mol. The predicted molar refractivity (Wildman–Crippen MR) is 114 cm³/mol. The van der Waals surface area contributed by atoms with Crippen molar-refractivity contribution in [1.29, 1.82) is 0 Å². The van der Waals surface area contributed by atoms with Gasteiger partial charge >= 0.3 is 5.97 Å². The Kier molecular flexibility index (Phi) is 5.84. The maximum atomic E-state index is 10.8. The summed E-state index contributed by atoms with van der Waals surface area (Å²) in [6.07, 6.45) is 6.31. The van der Waals surface area contributed by atoms with Crippen molar-refractivity contribution < 1.29 is 14.7 Å². The van der Waals surface area contributed by atoms with Gasteiger partial charge < -0.3 is 9.94 Å². The summed E-state index contributed by atoms with van der Waals surface area (Å²) in [5, 5.41) is 13.6. The summed E-state index contributed by atoms with van der Waals surface area (Å²) >= 11 is 0. The van der Waals surface area contributed by atoms with Crippen LogP contribution >= 0.6 is 0 Å². The molecular weight excluding hydrogens is 364 g/mol. The molecular formula is C24H24N2O3. The fourth-order valence-corrected chi connectivity index (χ4v) is 4.07. The van der Waals surface area contributed by atoms with Crippen molar-refractivity contribution >= 4 is 23.1 Å². The first kappa shape index (κ1) is 19.1. The van der Waals surface area contributed by atoms with Crippen LogP contribution in [0.1, 0.15) is 43.8 Å². The molecule has 0 spiro atoms. The Hall–Kier alpha value is -3.21. The van der Waals surface area contributed by atoms with E-state index in [0.717, 1.165) is 46.8 Å². The number of fused-ring (bicyclic) bond motifs is 1. The number of para-hydroxylation sites is 1. The van der Waals surface area contributed by atoms with Crippen molar-refractivity contribution in [3.05, 3.63) is 66.2 Å². The first-order chi connectivity index (χ1) is 14.2. The van der Waals surface area contributed by atoms with Gasteiger partial charge in [0, 0.05) is 16.9 Å². The first-order valence-corrected chi connectivity index (χ1v) is 10.1. The molecule has 3 aromatic rings. The van der Waals surface area contributed by atoms with Crippen LogP contribution in [-0.2, 0) is 9.63 Å². The smallest absolute Gasteiger partial charge is 0.350 e. The second-order valence-electron chi connectivity index (χ2n) is 7.51. The molecule has 1 unspecified atom stereocenters. The van der Waals surface area contributed by atoms with Crippen LogP contribution in [0.25, 0.3) is 22.2 Å². The van der Waals surface area contributed by atoms with Crippen molar-refractivity contribution in [3.63, 3.8) is 0 Å². The lowest BCUT2D eigenvalue weighted by molar-refractivity contribution is -0.129. The Balaban J connectivity index is 1.58. The number of hydrogen-bond acceptors (Lipinski definition) is 4. The fourth-order valence-electron chi connectivity index (χ4n) is 4.07. The summed E-state index contributed by atoms with van der Waals surface area (Å²) in [7, 11) is 0. The molecule has 0 bridgehead atoms. The molecule has 1 heterocycles. The van der Waals surface area contributed by atoms with Crippen molar-refractivity contribution in [2.75, 3.05) is 0 Å². The van der Waals surface area contributed by atoms with E-state index in [1.165, 1.54) is 19.3 Å². The van der Waals surface area contributed by atoms with Crippen LogP contribution in [0.15, 0.2) is 65.8 Å². The van der Waals surface area contributed by atoms with Crippen LogP contribution in [0, 0.1) is 5.92 Å². The van der Waals surface area contributed by atoms with Gasteiger partial charge in [0.1, 0.15) is 0 Å². The minimum absolute atomic E-state index is 0.232. The maximum Gasteiger partial charge on any atom is 0.350 e. The number of oxime groups is 1. The van der Waals surface area contributed by atoms with Crippen molar-refractivity contribution in [1.82, 2.24) is 4.98 Å². The highest BCUT2D eigenvalue weighted by molar-refractivity contribution is 6.21. The quantitative estimate of drug-likeness (QED) is 0.440. The van der Waals surface area contributed by atoms with Crippen molar-refractivity contribution in [2.45, 2.75) is 38.2 Å². The van der Waals surface area contributed by atoms with Crippen LogP contribution in [0.5, 0.6) is 0 Å². The number of nitrogens with zero attached hydrogens (tertiary/aromatic N) is 2. The number of aliphatic carboxylic acids is 1. The average Bonchev–Trinajstić information content (AvgIpc) is 2.77. The highest BCUT2D eigenvalue weighted by Crippen LogP contribution is 2.37. The molecule has 1 N–H and O–H groups in total. The molecule has 1 saturated carbocycles. The molecule has 0 saturated heterocycles. The van der Waals surface area contributed by atoms with Gasteiger partial charge in [0.15, 0.2) is 12.3 Å². The van der Waals surface area contributed by atoms with Crippen LogP contribution in [0.4, 0.5) is 0 Å². The number of hydrogen-bond donors (Lipinski definition) is 1. The summed E-state index contributed by atoms with van der Waals surface area (Å²) in [5.74, 6) is -0.760. The maximum absolute atomic E-state index is 10.8. The number of pyridine rings is 1. The molecule has 148 valence electrons. The largest absolute Gasteiger partial charge is 0.477 e. The average molecular weight is 388 g/mol. The summed E-state index contributed by atoms with van der Waals surface area (Å²) in [6.45, 7) is 0. The fraction of sp³-hybridized carbons (Fsp3) is 0.292. The van der Waals surface area contributed by atoms with Gasteiger partial charge in [0.2, 0.25) is 0 Å². The molecule has 1 aliphatic carbocycles. The number of benzene rings is 2. The van der Waals surface area contributed by atoms with Gasteiger partial charge in [-0.05, 0) is 30.5 Å². The summed E-state index contributed by atoms with van der Waals surface area (Å²) < 4.78 is 0. The molecule has 1 fully saturated rings. The molecule has 1 aliphatic rings. The molecule has 1 atom stereocenters. The molecule has 0 radical (unpaired) electrons. The number of carboxylic acid groups (broad SMARTS) is 1. The van der Waals surface area contributed by atoms with Gasteiger partial charge in [0.25, 0.3) is 0 Å². The van der Waals surface area contributed by atoms with E-state index in [4.69, 9.17) is 14.9 Å². The van der Waals surface area contributed by atoms with E-state index in [9.17, 15) is 4.79 Å². The highest BCUT2D eigenvalue weighted by Gasteiger charge is 2.27. The van der Waals surface area contributed by atoms with Crippen LogP contribution in [0.2, 0.25) is 0 Å². The van der Waals surface area contributed by atoms with Crippen LogP contribution in [-0.4, -0.2) is 22.3 Å². The van der Waals surface area contributed by atoms with E-state index in [2.05, 4.69) is 17.3 Å². The number of carboxylic acids is 1. The molecule has 0 aliphatic heterocycles. The van der Waals surface area contributed by atoms with Gasteiger partial charge in [-0.25, -0.2) is 9.78 Å². The van der Waals surface area contributed by atoms with Gasteiger partial charge in [0.05, 0.1) is 11.2 Å². The Morgan fingerprint density at radius 2 is 1.79 bits per heavy atom. The molecule has 2 aromatic carbocycles.